The maximum atomic E-state index is 13.6. The van der Waals surface area contributed by atoms with Crippen molar-refractivity contribution < 1.29 is 27.3 Å². The summed E-state index contributed by atoms with van der Waals surface area (Å²) in [6.07, 6.45) is 0. The molecule has 1 aromatic carbocycles. The van der Waals surface area contributed by atoms with Gasteiger partial charge < -0.3 is 9.73 Å². The molecular weight excluding hydrogens is 482 g/mol. The second kappa shape index (κ2) is 9.10. The Morgan fingerprint density at radius 1 is 1.24 bits per heavy atom. The fourth-order valence-electron chi connectivity index (χ4n) is 2.61. The Balaban J connectivity index is 2.07. The molecule has 0 aliphatic carbocycles. The minimum absolute atomic E-state index is 0.00595. The molecule has 2 aromatic heterocycles. The topological polar surface area (TPSA) is 117 Å². The smallest absolute Gasteiger partial charge is 0.293 e. The maximum absolute atomic E-state index is 13.6. The van der Waals surface area contributed by atoms with Gasteiger partial charge in [-0.1, -0.05) is 42.9 Å². The number of ketones is 1. The summed E-state index contributed by atoms with van der Waals surface area (Å²) in [5.74, 6) is -0.537. The summed E-state index contributed by atoms with van der Waals surface area (Å²) in [5, 5.41) is 19.0. The van der Waals surface area contributed by atoms with Crippen LogP contribution in [0.4, 0.5) is 0 Å². The quantitative estimate of drug-likeness (QED) is 0.195. The minimum atomic E-state index is -4.19. The molecule has 0 bridgehead atoms. The first-order valence-electron chi connectivity index (χ1n) is 10.2. The largest absolute Gasteiger partial charge is 0.359 e. The predicted octanol–water partition coefficient (Wildman–Crippen LogP) is 4.04. The Hall–Kier alpha value is -2.38. The van der Waals surface area contributed by atoms with Crippen molar-refractivity contribution in [2.45, 2.75) is 57.3 Å². The van der Waals surface area contributed by atoms with Crippen LogP contribution in [0.1, 0.15) is 48.1 Å². The highest BCUT2D eigenvalue weighted by Gasteiger charge is 2.44. The van der Waals surface area contributed by atoms with Gasteiger partial charge >= 0.3 is 0 Å². The van der Waals surface area contributed by atoms with E-state index in [-0.39, 0.29) is 26.2 Å². The zero-order valence-electron chi connectivity index (χ0n) is 19.4. The second-order valence-corrected chi connectivity index (χ2v) is 16.5. The number of carbonyl (C=O) groups excluding carboxylic acids is 1. The van der Waals surface area contributed by atoms with E-state index >= 15 is 0 Å². The number of benzene rings is 1. The first-order chi connectivity index (χ1) is 15.2. The molecule has 178 valence electrons. The Labute approximate surface area is 198 Å². The van der Waals surface area contributed by atoms with Crippen LogP contribution in [0, 0.1) is 12.1 Å². The number of carbonyl (C=O) groups is 1. The number of thiophene rings is 1. The number of hydrogen-bond donors (Lipinski definition) is 0. The summed E-state index contributed by atoms with van der Waals surface area (Å²) >= 11 is 1.31. The van der Waals surface area contributed by atoms with E-state index in [0.717, 1.165) is 10.0 Å². The lowest BCUT2D eigenvalue weighted by atomic mass is 10.1. The first kappa shape index (κ1) is 25.2. The molecule has 0 atom stereocenters. The third kappa shape index (κ3) is 5.25. The molecule has 0 aliphatic rings. The molecule has 3 aromatic rings. The Kier molecular flexibility index (Phi) is 6.96. The van der Waals surface area contributed by atoms with Crippen LogP contribution in [0.2, 0.25) is 18.1 Å². The fourth-order valence-corrected chi connectivity index (χ4v) is 6.05. The van der Waals surface area contributed by atoms with Crippen LogP contribution in [-0.4, -0.2) is 32.1 Å². The molecule has 0 fully saturated rings. The minimum Gasteiger partial charge on any atom is -0.359 e. The highest BCUT2D eigenvalue weighted by molar-refractivity contribution is 7.89. The molecule has 0 saturated heterocycles. The third-order valence-electron chi connectivity index (χ3n) is 5.70. The summed E-state index contributed by atoms with van der Waals surface area (Å²) in [4.78, 5) is 12.9. The molecular formula is C21H27N3O6S2Si. The average molecular weight is 510 g/mol. The van der Waals surface area contributed by atoms with Crippen molar-refractivity contribution in [1.29, 1.82) is 0 Å². The normalized spacial score (nSPS) is 12.9. The molecule has 0 radical (unpaired) electrons. The van der Waals surface area contributed by atoms with Crippen molar-refractivity contribution in [2.24, 2.45) is 0 Å². The molecule has 0 amide bonds. The van der Waals surface area contributed by atoms with Crippen molar-refractivity contribution in [3.05, 3.63) is 68.8 Å². The van der Waals surface area contributed by atoms with Gasteiger partial charge in [-0.3, -0.25) is 9.42 Å². The number of sulfonamides is 1. The zero-order chi connectivity index (χ0) is 24.6. The van der Waals surface area contributed by atoms with Crippen molar-refractivity contribution in [1.82, 2.24) is 9.63 Å². The van der Waals surface area contributed by atoms with E-state index in [2.05, 4.69) is 9.79 Å². The van der Waals surface area contributed by atoms with Gasteiger partial charge in [0, 0.05) is 10.9 Å². The van der Waals surface area contributed by atoms with Gasteiger partial charge in [0.05, 0.1) is 10.1 Å². The van der Waals surface area contributed by atoms with Crippen LogP contribution < -0.4 is 4.90 Å². The standard InChI is InChI=1S/C21H27N3O6S2Si/c1-15-7-9-17(10-8-15)32(27,28)23(30-33(5,6)21(2,3)4)13-18-19(22-29-24(18)26)20(25)16-11-12-31-14-16/h7-12,14H,13H2,1-6H3. The molecule has 2 heterocycles. The summed E-state index contributed by atoms with van der Waals surface area (Å²) in [5.41, 5.74) is 0.714. The molecule has 0 unspecified atom stereocenters. The molecule has 0 spiro atoms. The van der Waals surface area contributed by atoms with Gasteiger partial charge in [-0.15, -0.1) is 0 Å². The van der Waals surface area contributed by atoms with Gasteiger partial charge in [-0.05, 0) is 53.5 Å². The van der Waals surface area contributed by atoms with Gasteiger partial charge in [0.15, 0.2) is 0 Å². The van der Waals surface area contributed by atoms with E-state index < -0.39 is 30.7 Å². The summed E-state index contributed by atoms with van der Waals surface area (Å²) < 4.78 is 38.8. The third-order valence-corrected chi connectivity index (χ3v) is 12.4. The van der Waals surface area contributed by atoms with Crippen molar-refractivity contribution in [3.8, 4) is 0 Å². The molecule has 9 nitrogen and oxygen atoms in total. The number of hydrogen-bond acceptors (Lipinski definition) is 8. The van der Waals surface area contributed by atoms with E-state index in [1.807, 2.05) is 40.8 Å². The van der Waals surface area contributed by atoms with Gasteiger partial charge in [0.25, 0.3) is 15.7 Å². The van der Waals surface area contributed by atoms with Crippen LogP contribution in [0.25, 0.3) is 0 Å². The molecule has 0 N–H and O–H groups in total. The Morgan fingerprint density at radius 3 is 2.42 bits per heavy atom. The van der Waals surface area contributed by atoms with E-state index in [1.165, 1.54) is 23.5 Å². The van der Waals surface area contributed by atoms with Gasteiger partial charge in [0.1, 0.15) is 6.54 Å². The number of aromatic nitrogens is 2. The second-order valence-electron chi connectivity index (χ2n) is 9.20. The summed E-state index contributed by atoms with van der Waals surface area (Å²) in [6, 6.07) is 7.89. The summed E-state index contributed by atoms with van der Waals surface area (Å²) in [6.45, 7) is 11.0. The van der Waals surface area contributed by atoms with Gasteiger partial charge in [0.2, 0.25) is 19.8 Å². The van der Waals surface area contributed by atoms with Crippen LogP contribution in [0.3, 0.4) is 0 Å². The lowest BCUT2D eigenvalue weighted by Crippen LogP contribution is -2.49. The maximum Gasteiger partial charge on any atom is 0.293 e. The predicted molar refractivity (Wildman–Crippen MR) is 125 cm³/mol. The molecule has 33 heavy (non-hydrogen) atoms. The SMILES string of the molecule is Cc1ccc(S(=O)(=O)N(Cc2c(C(=O)c3ccsc3)no[n+]2[O-])O[Si](C)(C)C(C)(C)C)cc1. The van der Waals surface area contributed by atoms with E-state index in [1.54, 1.807) is 29.0 Å². The van der Waals surface area contributed by atoms with Crippen molar-refractivity contribution >= 4 is 35.5 Å². The number of aryl methyl sites for hydroxylation is 1. The number of nitrogens with zero attached hydrogens (tertiary/aromatic N) is 3. The Morgan fingerprint density at radius 2 is 1.88 bits per heavy atom. The molecule has 0 aliphatic heterocycles. The number of hydroxylamine groups is 1. The van der Waals surface area contributed by atoms with Crippen molar-refractivity contribution in [3.63, 3.8) is 0 Å². The average Bonchev–Trinajstić information content (AvgIpc) is 3.37. The van der Waals surface area contributed by atoms with E-state index in [4.69, 9.17) is 4.53 Å². The van der Waals surface area contributed by atoms with E-state index in [0.29, 0.717) is 5.56 Å². The monoisotopic (exact) mass is 509 g/mol. The summed E-state index contributed by atoms with van der Waals surface area (Å²) in [7, 11) is -6.85. The highest BCUT2D eigenvalue weighted by atomic mass is 32.2. The van der Waals surface area contributed by atoms with Crippen molar-refractivity contribution in [2.75, 3.05) is 0 Å². The Bertz CT molecular complexity index is 1230. The van der Waals surface area contributed by atoms with E-state index in [9.17, 15) is 18.4 Å². The molecule has 12 heteroatoms. The van der Waals surface area contributed by atoms with Gasteiger partial charge in [-0.2, -0.15) is 11.3 Å². The first-order valence-corrected chi connectivity index (χ1v) is 15.5. The lowest BCUT2D eigenvalue weighted by Gasteiger charge is -2.38. The molecule has 0 saturated carbocycles. The zero-order valence-corrected chi connectivity index (χ0v) is 22.0. The van der Waals surface area contributed by atoms with Gasteiger partial charge in [-0.25, -0.2) is 8.42 Å². The van der Waals surface area contributed by atoms with Crippen LogP contribution in [-0.2, 0) is 21.1 Å². The fraction of sp³-hybridized carbons (Fsp3) is 0.381. The van der Waals surface area contributed by atoms with Crippen LogP contribution >= 0.6 is 11.3 Å². The van der Waals surface area contributed by atoms with Crippen LogP contribution in [0.15, 0.2) is 50.6 Å². The molecule has 3 rings (SSSR count). The lowest BCUT2D eigenvalue weighted by molar-refractivity contribution is -0.808. The number of rotatable bonds is 8. The highest BCUT2D eigenvalue weighted by Crippen LogP contribution is 2.38. The van der Waals surface area contributed by atoms with Crippen LogP contribution in [0.5, 0.6) is 0 Å².